The summed E-state index contributed by atoms with van der Waals surface area (Å²) in [6.45, 7) is 7.94. The van der Waals surface area contributed by atoms with Crippen molar-refractivity contribution < 1.29 is 19.1 Å². The van der Waals surface area contributed by atoms with Crippen LogP contribution in [-0.2, 0) is 14.3 Å². The Hall–Kier alpha value is -1.83. The van der Waals surface area contributed by atoms with E-state index in [0.29, 0.717) is 44.1 Å². The van der Waals surface area contributed by atoms with Crippen LogP contribution < -0.4 is 16.0 Å². The van der Waals surface area contributed by atoms with E-state index in [4.69, 9.17) is 4.74 Å². The third-order valence-electron chi connectivity index (χ3n) is 5.92. The average Bonchev–Trinajstić information content (AvgIpc) is 3.54. The first-order chi connectivity index (χ1) is 14.2. The number of amides is 3. The largest absolute Gasteiger partial charge is 0.444 e. The third-order valence-corrected chi connectivity index (χ3v) is 5.92. The first kappa shape index (κ1) is 22.8. The molecule has 8 nitrogen and oxygen atoms in total. The maximum atomic E-state index is 12.5. The Balaban J connectivity index is 1.33. The number of carbonyl (C=O) groups excluding carboxylic acids is 3. The maximum Gasteiger partial charge on any atom is 0.407 e. The van der Waals surface area contributed by atoms with Crippen LogP contribution >= 0.6 is 0 Å². The van der Waals surface area contributed by atoms with Crippen molar-refractivity contribution in [2.24, 2.45) is 17.8 Å². The number of carbonyl (C=O) groups is 3. The fourth-order valence-electron chi connectivity index (χ4n) is 4.19. The predicted molar refractivity (Wildman–Crippen MR) is 114 cm³/mol. The van der Waals surface area contributed by atoms with Crippen molar-refractivity contribution in [1.29, 1.82) is 0 Å². The molecular formula is C22H38N4O4. The van der Waals surface area contributed by atoms with Crippen molar-refractivity contribution in [2.45, 2.75) is 70.9 Å². The number of hydrogen-bond donors (Lipinski definition) is 3. The molecule has 1 aliphatic heterocycles. The van der Waals surface area contributed by atoms with Gasteiger partial charge in [-0.1, -0.05) is 0 Å². The van der Waals surface area contributed by atoms with Gasteiger partial charge in [-0.15, -0.1) is 0 Å². The highest BCUT2D eigenvalue weighted by molar-refractivity contribution is 5.80. The minimum absolute atomic E-state index is 0.0139. The summed E-state index contributed by atoms with van der Waals surface area (Å²) in [5.74, 6) is 1.35. The van der Waals surface area contributed by atoms with Gasteiger partial charge in [-0.05, 0) is 77.7 Å². The Morgan fingerprint density at radius 1 is 1.00 bits per heavy atom. The molecule has 3 N–H and O–H groups in total. The molecule has 3 amide bonds. The highest BCUT2D eigenvalue weighted by Crippen LogP contribution is 2.44. The summed E-state index contributed by atoms with van der Waals surface area (Å²) >= 11 is 0. The van der Waals surface area contributed by atoms with Gasteiger partial charge >= 0.3 is 6.09 Å². The van der Waals surface area contributed by atoms with Crippen LogP contribution in [0.15, 0.2) is 0 Å². The van der Waals surface area contributed by atoms with Crippen LogP contribution in [0.5, 0.6) is 0 Å². The lowest BCUT2D eigenvalue weighted by molar-refractivity contribution is -0.129. The minimum atomic E-state index is -0.539. The smallest absolute Gasteiger partial charge is 0.407 e. The molecule has 2 aliphatic carbocycles. The molecule has 3 fully saturated rings. The molecule has 0 radical (unpaired) electrons. The SMILES string of the molecule is CC(C)(C)OC(=O)NCCNC(=O)C1CCCN(CC(=O)NC(C2CC2)C2CC2)C1. The fraction of sp³-hybridized carbons (Fsp3) is 0.864. The zero-order valence-corrected chi connectivity index (χ0v) is 18.7. The highest BCUT2D eigenvalue weighted by atomic mass is 16.6. The lowest BCUT2D eigenvalue weighted by atomic mass is 9.97. The van der Waals surface area contributed by atoms with Crippen LogP contribution in [0.3, 0.4) is 0 Å². The maximum absolute atomic E-state index is 12.5. The molecule has 8 heteroatoms. The van der Waals surface area contributed by atoms with Gasteiger partial charge in [-0.3, -0.25) is 14.5 Å². The normalized spacial score (nSPS) is 22.5. The van der Waals surface area contributed by atoms with E-state index in [1.54, 1.807) is 0 Å². The second-order valence-corrected chi connectivity index (χ2v) is 10.1. The van der Waals surface area contributed by atoms with Gasteiger partial charge in [0.15, 0.2) is 0 Å². The Bertz CT molecular complexity index is 613. The molecule has 1 saturated heterocycles. The van der Waals surface area contributed by atoms with E-state index in [0.717, 1.165) is 19.4 Å². The number of hydrogen-bond acceptors (Lipinski definition) is 5. The number of nitrogens with one attached hydrogen (secondary N) is 3. The Morgan fingerprint density at radius 3 is 2.23 bits per heavy atom. The number of rotatable bonds is 9. The Labute approximate surface area is 179 Å². The highest BCUT2D eigenvalue weighted by Gasteiger charge is 2.42. The number of alkyl carbamates (subject to hydrolysis) is 1. The third kappa shape index (κ3) is 7.78. The zero-order valence-electron chi connectivity index (χ0n) is 18.7. The molecule has 1 heterocycles. The number of nitrogens with zero attached hydrogens (tertiary/aromatic N) is 1. The fourth-order valence-corrected chi connectivity index (χ4v) is 4.19. The van der Waals surface area contributed by atoms with Crippen LogP contribution in [0.1, 0.15) is 59.3 Å². The van der Waals surface area contributed by atoms with E-state index in [-0.39, 0.29) is 17.7 Å². The Morgan fingerprint density at radius 2 is 1.63 bits per heavy atom. The van der Waals surface area contributed by atoms with Gasteiger partial charge in [0.25, 0.3) is 0 Å². The van der Waals surface area contributed by atoms with Gasteiger partial charge in [0, 0.05) is 25.7 Å². The molecule has 0 bridgehead atoms. The minimum Gasteiger partial charge on any atom is -0.444 e. The molecule has 3 rings (SSSR count). The van der Waals surface area contributed by atoms with Gasteiger partial charge in [0.05, 0.1) is 12.5 Å². The van der Waals surface area contributed by atoms with Gasteiger partial charge in [-0.25, -0.2) is 4.79 Å². The average molecular weight is 423 g/mol. The van der Waals surface area contributed by atoms with Crippen molar-refractivity contribution in [3.63, 3.8) is 0 Å². The zero-order chi connectivity index (χ0) is 21.7. The van der Waals surface area contributed by atoms with E-state index in [2.05, 4.69) is 20.9 Å². The van der Waals surface area contributed by atoms with Gasteiger partial charge < -0.3 is 20.7 Å². The first-order valence-corrected chi connectivity index (χ1v) is 11.5. The van der Waals surface area contributed by atoms with Crippen molar-refractivity contribution in [3.8, 4) is 0 Å². The molecule has 30 heavy (non-hydrogen) atoms. The van der Waals surface area contributed by atoms with E-state index < -0.39 is 11.7 Å². The lowest BCUT2D eigenvalue weighted by Crippen LogP contribution is -2.49. The molecule has 0 aromatic heterocycles. The summed E-state index contributed by atoms with van der Waals surface area (Å²) in [4.78, 5) is 38.7. The second kappa shape index (κ2) is 9.98. The Kier molecular flexibility index (Phi) is 7.60. The summed E-state index contributed by atoms with van der Waals surface area (Å²) < 4.78 is 5.17. The van der Waals surface area contributed by atoms with Gasteiger partial charge in [0.2, 0.25) is 11.8 Å². The first-order valence-electron chi connectivity index (χ1n) is 11.5. The molecule has 3 aliphatic rings. The molecule has 0 aromatic rings. The number of ether oxygens (including phenoxy) is 1. The van der Waals surface area contributed by atoms with Gasteiger partial charge in [0.1, 0.15) is 5.60 Å². The monoisotopic (exact) mass is 422 g/mol. The van der Waals surface area contributed by atoms with E-state index in [1.807, 2.05) is 20.8 Å². The predicted octanol–water partition coefficient (Wildman–Crippen LogP) is 1.64. The lowest BCUT2D eigenvalue weighted by Gasteiger charge is -2.32. The summed E-state index contributed by atoms with van der Waals surface area (Å²) in [7, 11) is 0. The molecule has 2 saturated carbocycles. The van der Waals surface area contributed by atoms with E-state index in [9.17, 15) is 14.4 Å². The topological polar surface area (TPSA) is 99.8 Å². The van der Waals surface area contributed by atoms with Crippen LogP contribution in [0.25, 0.3) is 0 Å². The van der Waals surface area contributed by atoms with Crippen molar-refractivity contribution >= 4 is 17.9 Å². The summed E-state index contributed by atoms with van der Waals surface area (Å²) in [6.07, 6.45) is 6.24. The molecule has 1 unspecified atom stereocenters. The quantitative estimate of drug-likeness (QED) is 0.491. The summed E-state index contributed by atoms with van der Waals surface area (Å²) in [5, 5.41) is 8.79. The second-order valence-electron chi connectivity index (χ2n) is 10.1. The van der Waals surface area contributed by atoms with Crippen LogP contribution in [0, 0.1) is 17.8 Å². The van der Waals surface area contributed by atoms with Crippen molar-refractivity contribution in [2.75, 3.05) is 32.7 Å². The van der Waals surface area contributed by atoms with Crippen LogP contribution in [0.4, 0.5) is 4.79 Å². The molecule has 0 aromatic carbocycles. The van der Waals surface area contributed by atoms with E-state index >= 15 is 0 Å². The summed E-state index contributed by atoms with van der Waals surface area (Å²) in [5.41, 5.74) is -0.539. The molecule has 1 atom stereocenters. The molecule has 170 valence electrons. The molecule has 0 spiro atoms. The number of likely N-dealkylation sites (tertiary alicyclic amines) is 1. The van der Waals surface area contributed by atoms with Crippen LogP contribution in [-0.4, -0.2) is 67.2 Å². The number of piperidine rings is 1. The standard InChI is InChI=1S/C22H38N4O4/c1-22(2,3)30-21(29)24-11-10-23-20(28)17-5-4-12-26(13-17)14-18(27)25-19(15-6-7-15)16-8-9-16/h15-17,19H,4-14H2,1-3H3,(H,23,28)(H,24,29)(H,25,27). The van der Waals surface area contributed by atoms with E-state index in [1.165, 1.54) is 25.7 Å². The summed E-state index contributed by atoms with van der Waals surface area (Å²) in [6, 6.07) is 0.374. The van der Waals surface area contributed by atoms with Crippen molar-refractivity contribution in [1.82, 2.24) is 20.9 Å². The van der Waals surface area contributed by atoms with Crippen molar-refractivity contribution in [3.05, 3.63) is 0 Å². The van der Waals surface area contributed by atoms with Crippen LogP contribution in [0.2, 0.25) is 0 Å². The molecular weight excluding hydrogens is 384 g/mol. The van der Waals surface area contributed by atoms with Gasteiger partial charge in [-0.2, -0.15) is 0 Å².